The van der Waals surface area contributed by atoms with Crippen LogP contribution in [0.15, 0.2) is 30.6 Å². The zero-order chi connectivity index (χ0) is 26.9. The lowest BCUT2D eigenvalue weighted by molar-refractivity contribution is -0.123. The Hall–Kier alpha value is -3.48. The van der Waals surface area contributed by atoms with E-state index in [1.807, 2.05) is 6.07 Å². The Morgan fingerprint density at radius 3 is 2.49 bits per heavy atom. The molecule has 2 saturated carbocycles. The molecule has 4 heterocycles. The lowest BCUT2D eigenvalue weighted by atomic mass is 9.91. The molecule has 2 aliphatic carbocycles. The van der Waals surface area contributed by atoms with Gasteiger partial charge in [-0.2, -0.15) is 0 Å². The van der Waals surface area contributed by atoms with E-state index >= 15 is 0 Å². The van der Waals surface area contributed by atoms with Gasteiger partial charge in [0.25, 0.3) is 5.91 Å². The van der Waals surface area contributed by atoms with Crippen LogP contribution in [0.4, 0.5) is 17.2 Å². The number of nitrogens with one attached hydrogen (secondary N) is 5. The molecule has 3 fully saturated rings. The lowest BCUT2D eigenvalue weighted by Crippen LogP contribution is -2.47. The molecule has 6 N–H and O–H groups in total. The second kappa shape index (κ2) is 10.9. The summed E-state index contributed by atoms with van der Waals surface area (Å²) in [6.07, 6.45) is 8.68. The fourth-order valence-electron chi connectivity index (χ4n) is 5.23. The number of carbonyl (C=O) groups excluding carboxylic acids is 2. The van der Waals surface area contributed by atoms with Crippen LogP contribution in [0.5, 0.6) is 0 Å². The maximum Gasteiger partial charge on any atom is 0.276 e. The second-order valence-corrected chi connectivity index (χ2v) is 11.0. The normalized spacial score (nSPS) is 24.9. The maximum atomic E-state index is 13.1. The van der Waals surface area contributed by atoms with Gasteiger partial charge in [0.05, 0.1) is 24.0 Å². The largest absolute Gasteiger partial charge is 0.392 e. The minimum absolute atomic E-state index is 0.0363. The molecule has 3 aromatic heterocycles. The molecule has 3 aliphatic rings. The Morgan fingerprint density at radius 1 is 1.03 bits per heavy atom. The molecule has 2 amide bonds. The molecule has 0 radical (unpaired) electrons. The standard InChI is InChI=1S/C26H32ClN9O3/c27-22-9-17(7-8-28-22)34-26(39)21-13-30-24-19(31-14-1-2-14)11-23(35-36(21)24)32-15-3-5-16(6-4-15)33-25(38)20-10-18(37)12-29-20/h7-9,11,13-16,18,20,29,31,37H,1-6,10,12H2,(H,32,35)(H,33,38)(H,28,34,39)/t15-,16-,18-,20+/m1/s1. The molecule has 0 spiro atoms. The van der Waals surface area contributed by atoms with Crippen LogP contribution in [0.25, 0.3) is 5.65 Å². The maximum absolute atomic E-state index is 13.1. The average molecular weight is 554 g/mol. The van der Waals surface area contributed by atoms with Gasteiger partial charge < -0.3 is 31.7 Å². The first kappa shape index (κ1) is 25.8. The molecular weight excluding hydrogens is 522 g/mol. The van der Waals surface area contributed by atoms with Crippen molar-refractivity contribution < 1.29 is 14.7 Å². The zero-order valence-corrected chi connectivity index (χ0v) is 22.1. The van der Waals surface area contributed by atoms with Gasteiger partial charge in [-0.25, -0.2) is 14.5 Å². The first-order chi connectivity index (χ1) is 18.9. The van der Waals surface area contributed by atoms with Gasteiger partial charge in [0.15, 0.2) is 11.3 Å². The Bertz CT molecular complexity index is 1370. The van der Waals surface area contributed by atoms with Crippen LogP contribution >= 0.6 is 11.6 Å². The summed E-state index contributed by atoms with van der Waals surface area (Å²) in [5, 5.41) is 30.8. The number of carbonyl (C=O) groups is 2. The van der Waals surface area contributed by atoms with E-state index < -0.39 is 6.10 Å². The van der Waals surface area contributed by atoms with Crippen molar-refractivity contribution in [3.63, 3.8) is 0 Å². The van der Waals surface area contributed by atoms with Crippen LogP contribution in [-0.2, 0) is 4.79 Å². The average Bonchev–Trinajstić information content (AvgIpc) is 3.44. The highest BCUT2D eigenvalue weighted by Crippen LogP contribution is 2.30. The number of aromatic nitrogens is 4. The highest BCUT2D eigenvalue weighted by Gasteiger charge is 2.31. The third-order valence-corrected chi connectivity index (χ3v) is 7.68. The van der Waals surface area contributed by atoms with Crippen LogP contribution in [0.1, 0.15) is 55.4 Å². The molecule has 0 unspecified atom stereocenters. The summed E-state index contributed by atoms with van der Waals surface area (Å²) in [4.78, 5) is 34.1. The number of aliphatic hydroxyl groups is 1. The van der Waals surface area contributed by atoms with Crippen molar-refractivity contribution >= 4 is 46.3 Å². The number of imidazole rings is 1. The molecule has 12 nitrogen and oxygen atoms in total. The molecular formula is C26H32ClN9O3. The second-order valence-electron chi connectivity index (χ2n) is 10.6. The summed E-state index contributed by atoms with van der Waals surface area (Å²) in [6.45, 7) is 0.460. The predicted molar refractivity (Wildman–Crippen MR) is 147 cm³/mol. The summed E-state index contributed by atoms with van der Waals surface area (Å²) in [6, 6.07) is 5.57. The Kier molecular flexibility index (Phi) is 7.24. The SMILES string of the molecule is O=C(Nc1ccnc(Cl)c1)c1cnc2c(NC3CC3)cc(N[C@H]3CC[C@H](NC(=O)[C@@H]4C[C@@H](O)CN4)CC3)nn12. The highest BCUT2D eigenvalue weighted by atomic mass is 35.5. The number of nitrogens with zero attached hydrogens (tertiary/aromatic N) is 4. The molecule has 2 atom stereocenters. The monoisotopic (exact) mass is 553 g/mol. The van der Waals surface area contributed by atoms with Crippen LogP contribution in [0, 0.1) is 0 Å². The number of pyridine rings is 1. The van der Waals surface area contributed by atoms with Crippen molar-refractivity contribution in [2.75, 3.05) is 22.5 Å². The van der Waals surface area contributed by atoms with Gasteiger partial charge in [0.1, 0.15) is 11.0 Å². The smallest absolute Gasteiger partial charge is 0.276 e. The number of anilines is 3. The minimum atomic E-state index is -0.457. The summed E-state index contributed by atoms with van der Waals surface area (Å²) >= 11 is 5.96. The Labute approximate surface area is 230 Å². The van der Waals surface area contributed by atoms with Gasteiger partial charge in [-0.15, -0.1) is 5.10 Å². The number of hydrogen-bond donors (Lipinski definition) is 6. The number of fused-ring (bicyclic) bond motifs is 1. The Balaban J connectivity index is 1.14. The van der Waals surface area contributed by atoms with E-state index in [1.165, 1.54) is 12.4 Å². The van der Waals surface area contributed by atoms with Gasteiger partial charge in [0.2, 0.25) is 5.91 Å². The Morgan fingerprint density at radius 2 is 1.77 bits per heavy atom. The minimum Gasteiger partial charge on any atom is -0.392 e. The summed E-state index contributed by atoms with van der Waals surface area (Å²) < 4.78 is 1.57. The molecule has 13 heteroatoms. The van der Waals surface area contributed by atoms with Crippen LogP contribution in [-0.4, -0.2) is 73.3 Å². The number of amides is 2. The number of β-amino-alcohol motifs (C(OH)–C–C–N with tert-alkyl or cyclic N) is 1. The van der Waals surface area contributed by atoms with Gasteiger partial charge in [-0.3, -0.25) is 9.59 Å². The highest BCUT2D eigenvalue weighted by molar-refractivity contribution is 6.29. The molecule has 206 valence electrons. The van der Waals surface area contributed by atoms with Crippen molar-refractivity contribution in [2.45, 2.75) is 75.2 Å². The topological polar surface area (TPSA) is 158 Å². The first-order valence-electron chi connectivity index (χ1n) is 13.5. The number of hydrogen-bond acceptors (Lipinski definition) is 9. The van der Waals surface area contributed by atoms with Crippen LogP contribution < -0.4 is 26.6 Å². The predicted octanol–water partition coefficient (Wildman–Crippen LogP) is 2.17. The van der Waals surface area contributed by atoms with E-state index in [0.29, 0.717) is 41.9 Å². The third-order valence-electron chi connectivity index (χ3n) is 7.47. The number of rotatable bonds is 8. The van der Waals surface area contributed by atoms with E-state index in [9.17, 15) is 14.7 Å². The number of aliphatic hydroxyl groups excluding tert-OH is 1. The molecule has 3 aromatic rings. The lowest BCUT2D eigenvalue weighted by Gasteiger charge is -2.30. The molecule has 1 aliphatic heterocycles. The van der Waals surface area contributed by atoms with Gasteiger partial charge >= 0.3 is 0 Å². The molecule has 0 aromatic carbocycles. The summed E-state index contributed by atoms with van der Waals surface area (Å²) in [5.41, 5.74) is 2.25. The van der Waals surface area contributed by atoms with E-state index in [-0.39, 0.29) is 35.1 Å². The van der Waals surface area contributed by atoms with Crippen molar-refractivity contribution in [3.8, 4) is 0 Å². The molecule has 0 bridgehead atoms. The summed E-state index contributed by atoms with van der Waals surface area (Å²) in [7, 11) is 0. The zero-order valence-electron chi connectivity index (χ0n) is 21.4. The van der Waals surface area contributed by atoms with Gasteiger partial charge in [-0.05, 0) is 57.1 Å². The van der Waals surface area contributed by atoms with Crippen molar-refractivity contribution in [2.24, 2.45) is 0 Å². The fourth-order valence-corrected chi connectivity index (χ4v) is 5.41. The third kappa shape index (κ3) is 6.07. The van der Waals surface area contributed by atoms with Crippen LogP contribution in [0.2, 0.25) is 5.15 Å². The van der Waals surface area contributed by atoms with Crippen LogP contribution in [0.3, 0.4) is 0 Å². The van der Waals surface area contributed by atoms with Crippen molar-refractivity contribution in [1.29, 1.82) is 0 Å². The van der Waals surface area contributed by atoms with E-state index in [2.05, 4.69) is 36.6 Å². The molecule has 39 heavy (non-hydrogen) atoms. The van der Waals surface area contributed by atoms with E-state index in [4.69, 9.17) is 16.7 Å². The molecule has 6 rings (SSSR count). The van der Waals surface area contributed by atoms with E-state index in [0.717, 1.165) is 44.2 Å². The van der Waals surface area contributed by atoms with Crippen molar-refractivity contribution in [1.82, 2.24) is 30.2 Å². The van der Waals surface area contributed by atoms with E-state index in [1.54, 1.807) is 16.6 Å². The van der Waals surface area contributed by atoms with Gasteiger partial charge in [-0.1, -0.05) is 11.6 Å². The van der Waals surface area contributed by atoms with Crippen molar-refractivity contribution in [3.05, 3.63) is 41.4 Å². The van der Waals surface area contributed by atoms with Gasteiger partial charge in [0, 0.05) is 42.6 Å². The quantitative estimate of drug-likeness (QED) is 0.230. The summed E-state index contributed by atoms with van der Waals surface area (Å²) in [5.74, 6) is 0.263. The first-order valence-corrected chi connectivity index (χ1v) is 13.9. The fraction of sp³-hybridized carbons (Fsp3) is 0.500. The number of halogens is 1. The molecule has 1 saturated heterocycles.